The van der Waals surface area contributed by atoms with Crippen LogP contribution in [0.3, 0.4) is 0 Å². The third-order valence-corrected chi connectivity index (χ3v) is 5.47. The zero-order chi connectivity index (χ0) is 22.0. The Morgan fingerprint density at radius 2 is 1.74 bits per heavy atom. The van der Waals surface area contributed by atoms with E-state index in [1.54, 1.807) is 59.6 Å². The number of fused-ring (bicyclic) bond motifs is 1. The highest BCUT2D eigenvalue weighted by atomic mass is 35.5. The number of halogens is 2. The largest absolute Gasteiger partial charge is 0.489 e. The number of ether oxygens (including phenoxy) is 1. The van der Waals surface area contributed by atoms with Crippen LogP contribution in [0.15, 0.2) is 60.7 Å². The van der Waals surface area contributed by atoms with Crippen molar-refractivity contribution in [1.82, 2.24) is 5.43 Å². The van der Waals surface area contributed by atoms with Gasteiger partial charge in [-0.3, -0.25) is 15.2 Å². The Hall–Kier alpha value is -3.22. The highest BCUT2D eigenvalue weighted by Crippen LogP contribution is 2.28. The average Bonchev–Trinajstić information content (AvgIpc) is 3.16. The van der Waals surface area contributed by atoms with Gasteiger partial charge in [0.05, 0.1) is 11.3 Å². The summed E-state index contributed by atoms with van der Waals surface area (Å²) in [6.07, 6.45) is 0.638. The number of rotatable bonds is 6. The molecule has 0 saturated carbocycles. The lowest BCUT2D eigenvalue weighted by atomic mass is 10.1. The van der Waals surface area contributed by atoms with Crippen LogP contribution in [0.5, 0.6) is 5.75 Å². The second kappa shape index (κ2) is 8.88. The number of carboxylic acids is 1. The maximum absolute atomic E-state index is 13.0. The molecule has 0 atom stereocenters. The summed E-state index contributed by atoms with van der Waals surface area (Å²) in [5.74, 6) is -0.671. The van der Waals surface area contributed by atoms with Crippen LogP contribution < -0.4 is 15.2 Å². The minimum Gasteiger partial charge on any atom is -0.489 e. The Balaban J connectivity index is 1.51. The number of anilines is 1. The Bertz CT molecular complexity index is 1150. The fourth-order valence-corrected chi connectivity index (χ4v) is 3.71. The van der Waals surface area contributed by atoms with E-state index in [0.29, 0.717) is 39.9 Å². The lowest BCUT2D eigenvalue weighted by Gasteiger charge is -2.21. The van der Waals surface area contributed by atoms with Gasteiger partial charge in [0.2, 0.25) is 0 Å². The number of hydrogen-bond acceptors (Lipinski definition) is 4. The Morgan fingerprint density at radius 3 is 2.48 bits per heavy atom. The topological polar surface area (TPSA) is 78.9 Å². The van der Waals surface area contributed by atoms with Crippen LogP contribution in [-0.4, -0.2) is 23.5 Å². The fourth-order valence-electron chi connectivity index (χ4n) is 3.41. The summed E-state index contributed by atoms with van der Waals surface area (Å²) in [4.78, 5) is 24.2. The molecule has 4 rings (SSSR count). The molecule has 1 aliphatic rings. The molecule has 0 aromatic heterocycles. The minimum atomic E-state index is -0.977. The first-order chi connectivity index (χ1) is 14.9. The summed E-state index contributed by atoms with van der Waals surface area (Å²) in [5, 5.41) is 11.9. The number of amides is 1. The number of nitrogens with zero attached hydrogens (tertiary/aromatic N) is 1. The van der Waals surface area contributed by atoms with E-state index in [9.17, 15) is 9.59 Å². The summed E-state index contributed by atoms with van der Waals surface area (Å²) in [5.41, 5.74) is 5.84. The molecule has 1 heterocycles. The normalized spacial score (nSPS) is 12.4. The molecule has 31 heavy (non-hydrogen) atoms. The van der Waals surface area contributed by atoms with Crippen LogP contribution in [0.1, 0.15) is 31.8 Å². The third-order valence-electron chi connectivity index (χ3n) is 4.98. The van der Waals surface area contributed by atoms with Gasteiger partial charge in [0.1, 0.15) is 12.4 Å². The van der Waals surface area contributed by atoms with Gasteiger partial charge in [-0.05, 0) is 66.6 Å². The van der Waals surface area contributed by atoms with Crippen LogP contribution >= 0.6 is 23.2 Å². The van der Waals surface area contributed by atoms with Crippen molar-refractivity contribution in [3.05, 3.63) is 93.0 Å². The molecule has 8 heteroatoms. The van der Waals surface area contributed by atoms with Gasteiger partial charge < -0.3 is 9.84 Å². The van der Waals surface area contributed by atoms with Gasteiger partial charge in [0.25, 0.3) is 5.91 Å². The molecule has 1 amide bonds. The number of nitrogens with one attached hydrogen (secondary N) is 1. The first-order valence-electron chi connectivity index (χ1n) is 9.52. The number of aromatic carboxylic acids is 1. The SMILES string of the molecule is O=C(O)c1ccc2c(c1)CCN2NC(=O)c1cc(Cl)ccc1COc1ccc(Cl)cc1. The number of carbonyl (C=O) groups excluding carboxylic acids is 1. The number of carbonyl (C=O) groups is 2. The molecule has 1 aliphatic heterocycles. The highest BCUT2D eigenvalue weighted by Gasteiger charge is 2.23. The molecule has 3 aromatic rings. The maximum Gasteiger partial charge on any atom is 0.335 e. The van der Waals surface area contributed by atoms with E-state index in [0.717, 1.165) is 11.3 Å². The lowest BCUT2D eigenvalue weighted by Crippen LogP contribution is -2.41. The van der Waals surface area contributed by atoms with E-state index in [1.807, 2.05) is 0 Å². The van der Waals surface area contributed by atoms with Crippen LogP contribution in [-0.2, 0) is 13.0 Å². The Labute approximate surface area is 188 Å². The molecule has 2 N–H and O–H groups in total. The smallest absolute Gasteiger partial charge is 0.335 e. The van der Waals surface area contributed by atoms with Crippen molar-refractivity contribution in [2.45, 2.75) is 13.0 Å². The van der Waals surface area contributed by atoms with E-state index < -0.39 is 5.97 Å². The zero-order valence-corrected chi connectivity index (χ0v) is 17.8. The van der Waals surface area contributed by atoms with E-state index >= 15 is 0 Å². The van der Waals surface area contributed by atoms with Crippen LogP contribution in [0.2, 0.25) is 10.0 Å². The molecule has 0 bridgehead atoms. The minimum absolute atomic E-state index is 0.181. The van der Waals surface area contributed by atoms with Gasteiger partial charge in [-0.25, -0.2) is 4.79 Å². The van der Waals surface area contributed by atoms with E-state index in [1.165, 1.54) is 6.07 Å². The molecule has 3 aromatic carbocycles. The Morgan fingerprint density at radius 1 is 1.00 bits per heavy atom. The van der Waals surface area contributed by atoms with E-state index in [2.05, 4.69) is 5.43 Å². The molecule has 0 unspecified atom stereocenters. The van der Waals surface area contributed by atoms with Gasteiger partial charge in [0, 0.05) is 27.7 Å². The quantitative estimate of drug-likeness (QED) is 0.546. The number of benzene rings is 3. The Kier molecular flexibility index (Phi) is 6.02. The van der Waals surface area contributed by atoms with Crippen molar-refractivity contribution in [2.75, 3.05) is 11.6 Å². The van der Waals surface area contributed by atoms with Crippen molar-refractivity contribution in [3.63, 3.8) is 0 Å². The monoisotopic (exact) mass is 456 g/mol. The summed E-state index contributed by atoms with van der Waals surface area (Å²) in [6, 6.07) is 16.9. The maximum atomic E-state index is 13.0. The van der Waals surface area contributed by atoms with Crippen molar-refractivity contribution in [3.8, 4) is 5.75 Å². The molecule has 0 aliphatic carbocycles. The third kappa shape index (κ3) is 4.76. The second-order valence-corrected chi connectivity index (χ2v) is 7.91. The second-order valence-electron chi connectivity index (χ2n) is 7.04. The standard InChI is InChI=1S/C23H18Cl2N2O4/c24-17-4-6-19(7-5-17)31-13-16-1-3-18(25)12-20(16)22(28)26-27-10-9-14-11-15(23(29)30)2-8-21(14)27/h1-8,11-12H,9-10,13H2,(H,26,28)(H,29,30). The zero-order valence-electron chi connectivity index (χ0n) is 16.3. The predicted octanol–water partition coefficient (Wildman–Crippen LogP) is 4.98. The summed E-state index contributed by atoms with van der Waals surface area (Å²) < 4.78 is 5.79. The van der Waals surface area contributed by atoms with Crippen LogP contribution in [0.4, 0.5) is 5.69 Å². The summed E-state index contributed by atoms with van der Waals surface area (Å²) in [6.45, 7) is 0.724. The highest BCUT2D eigenvalue weighted by molar-refractivity contribution is 6.31. The summed E-state index contributed by atoms with van der Waals surface area (Å²) >= 11 is 12.0. The predicted molar refractivity (Wildman–Crippen MR) is 119 cm³/mol. The molecule has 6 nitrogen and oxygen atoms in total. The number of hydrazine groups is 1. The molecule has 0 spiro atoms. The fraction of sp³-hybridized carbons (Fsp3) is 0.130. The van der Waals surface area contributed by atoms with Gasteiger partial charge in [-0.2, -0.15) is 0 Å². The molecule has 158 valence electrons. The molecule has 0 saturated heterocycles. The van der Waals surface area contributed by atoms with E-state index in [4.69, 9.17) is 33.0 Å². The van der Waals surface area contributed by atoms with Crippen LogP contribution in [0.25, 0.3) is 0 Å². The summed E-state index contributed by atoms with van der Waals surface area (Å²) in [7, 11) is 0. The molecular weight excluding hydrogens is 439 g/mol. The van der Waals surface area contributed by atoms with Crippen molar-refractivity contribution in [2.24, 2.45) is 0 Å². The van der Waals surface area contributed by atoms with Crippen molar-refractivity contribution >= 4 is 40.8 Å². The van der Waals surface area contributed by atoms with Crippen LogP contribution in [0, 0.1) is 0 Å². The number of hydrogen-bond donors (Lipinski definition) is 2. The van der Waals surface area contributed by atoms with Crippen molar-refractivity contribution in [1.29, 1.82) is 0 Å². The van der Waals surface area contributed by atoms with Crippen molar-refractivity contribution < 1.29 is 19.4 Å². The molecule has 0 fully saturated rings. The first-order valence-corrected chi connectivity index (χ1v) is 10.3. The molecule has 0 radical (unpaired) electrons. The molecular formula is C23H18Cl2N2O4. The lowest BCUT2D eigenvalue weighted by molar-refractivity contribution is 0.0696. The van der Waals surface area contributed by atoms with Gasteiger partial charge in [0.15, 0.2) is 0 Å². The number of carboxylic acid groups (broad SMARTS) is 1. The van der Waals surface area contributed by atoms with Gasteiger partial charge in [-0.1, -0.05) is 29.3 Å². The van der Waals surface area contributed by atoms with Gasteiger partial charge in [-0.15, -0.1) is 0 Å². The van der Waals surface area contributed by atoms with E-state index in [-0.39, 0.29) is 18.1 Å². The average molecular weight is 457 g/mol. The van der Waals surface area contributed by atoms with Gasteiger partial charge >= 0.3 is 5.97 Å². The first kappa shape index (κ1) is 21.0.